The molecule has 0 aromatic heterocycles. The second-order valence-corrected chi connectivity index (χ2v) is 14.5. The van der Waals surface area contributed by atoms with E-state index in [2.05, 4.69) is 64.8 Å². The summed E-state index contributed by atoms with van der Waals surface area (Å²) in [5, 5.41) is 21.5. The number of aliphatic hydroxyl groups is 2. The number of fused-ring (bicyclic) bond motifs is 1. The highest BCUT2D eigenvalue weighted by molar-refractivity contribution is 14.1. The predicted octanol–water partition coefficient (Wildman–Crippen LogP) is 3.92. The third-order valence-corrected chi connectivity index (χ3v) is 10.9. The molecule has 0 saturated carbocycles. The largest absolute Gasteiger partial charge is 0.390 e. The van der Waals surface area contributed by atoms with E-state index in [1.807, 2.05) is 24.3 Å². The number of hydrogen-bond acceptors (Lipinski definition) is 7. The fraction of sp³-hybridized carbons (Fsp3) is 0.667. The van der Waals surface area contributed by atoms with Crippen molar-refractivity contribution in [2.75, 3.05) is 26.2 Å². The molecule has 2 aromatic carbocycles. The lowest BCUT2D eigenvalue weighted by molar-refractivity contribution is 0.0438. The molecular weight excluding hydrogens is 639 g/mol. The minimum absolute atomic E-state index is 0.0125. The summed E-state index contributed by atoms with van der Waals surface area (Å²) in [6.45, 7) is 10.4. The highest BCUT2D eigenvalue weighted by Crippen LogP contribution is 2.27. The van der Waals surface area contributed by atoms with Crippen LogP contribution in [0.2, 0.25) is 0 Å². The van der Waals surface area contributed by atoms with Crippen LogP contribution in [0.5, 0.6) is 0 Å². The first-order valence-corrected chi connectivity index (χ1v) is 17.2. The Balaban J connectivity index is 0.000000285. The average molecular weight is 689 g/mol. The quantitative estimate of drug-likeness (QED) is 0.295. The van der Waals surface area contributed by atoms with E-state index in [0.717, 1.165) is 28.3 Å². The lowest BCUT2D eigenvalue weighted by Gasteiger charge is -2.40. The fourth-order valence-electron chi connectivity index (χ4n) is 6.06. The Morgan fingerprint density at radius 1 is 0.850 bits per heavy atom. The first kappa shape index (κ1) is 33.6. The van der Waals surface area contributed by atoms with Gasteiger partial charge in [-0.15, -0.1) is 0 Å². The normalized spacial score (nSPS) is 26.2. The molecule has 2 aliphatic rings. The summed E-state index contributed by atoms with van der Waals surface area (Å²) in [5.41, 5.74) is 5.40. The van der Waals surface area contributed by atoms with Crippen LogP contribution in [0.15, 0.2) is 41.3 Å². The summed E-state index contributed by atoms with van der Waals surface area (Å²) in [4.78, 5) is 4.91. The van der Waals surface area contributed by atoms with E-state index in [1.54, 1.807) is 12.1 Å². The number of sulfonamides is 1. The number of halogens is 1. The molecule has 2 aliphatic heterocycles. The van der Waals surface area contributed by atoms with Crippen LogP contribution in [-0.2, 0) is 10.0 Å². The van der Waals surface area contributed by atoms with Crippen molar-refractivity contribution in [2.45, 2.75) is 107 Å². The molecule has 10 heteroatoms. The molecule has 0 aliphatic carbocycles. The Labute approximate surface area is 254 Å². The lowest BCUT2D eigenvalue weighted by Crippen LogP contribution is -2.49. The van der Waals surface area contributed by atoms with E-state index in [9.17, 15) is 18.6 Å². The Kier molecular flexibility index (Phi) is 13.1. The van der Waals surface area contributed by atoms with Crippen molar-refractivity contribution in [3.8, 4) is 0 Å². The highest BCUT2D eigenvalue weighted by Gasteiger charge is 2.28. The molecule has 8 nitrogen and oxygen atoms in total. The molecule has 2 saturated heterocycles. The van der Waals surface area contributed by atoms with Crippen LogP contribution in [0.3, 0.4) is 0 Å². The molecule has 2 aromatic rings. The second-order valence-electron chi connectivity index (χ2n) is 11.6. The average Bonchev–Trinajstić information content (AvgIpc) is 2.92. The van der Waals surface area contributed by atoms with Gasteiger partial charge in [-0.25, -0.2) is 13.1 Å². The van der Waals surface area contributed by atoms with Gasteiger partial charge < -0.3 is 15.9 Å². The van der Waals surface area contributed by atoms with Crippen molar-refractivity contribution >= 4 is 43.4 Å². The summed E-state index contributed by atoms with van der Waals surface area (Å²) >= 11 is 2.21. The number of benzene rings is 2. The number of nitrogens with one attached hydrogen (secondary N) is 1. The van der Waals surface area contributed by atoms with Gasteiger partial charge in [0.25, 0.3) is 0 Å². The maximum Gasteiger partial charge on any atom is 0.241 e. The van der Waals surface area contributed by atoms with Crippen LogP contribution in [0, 0.1) is 3.57 Å². The van der Waals surface area contributed by atoms with Gasteiger partial charge in [0.15, 0.2) is 0 Å². The number of likely N-dealkylation sites (tertiary alicyclic amines) is 2. The minimum Gasteiger partial charge on any atom is -0.390 e. The third-order valence-electron chi connectivity index (χ3n) is 8.49. The number of β-amino-alcohol motifs (C(OH)–C–C–N with tert-alkyl or cyclic N) is 2. The maximum atomic E-state index is 12.8. The van der Waals surface area contributed by atoms with E-state index in [1.165, 1.54) is 25.7 Å². The zero-order valence-corrected chi connectivity index (χ0v) is 27.4. The van der Waals surface area contributed by atoms with Gasteiger partial charge in [-0.1, -0.05) is 37.1 Å². The second kappa shape index (κ2) is 15.6. The Morgan fingerprint density at radius 2 is 1.32 bits per heavy atom. The molecule has 6 atom stereocenters. The molecule has 5 N–H and O–H groups in total. The van der Waals surface area contributed by atoms with Crippen LogP contribution < -0.4 is 10.5 Å². The van der Waals surface area contributed by atoms with E-state index < -0.39 is 16.1 Å². The first-order valence-electron chi connectivity index (χ1n) is 14.7. The van der Waals surface area contributed by atoms with Crippen molar-refractivity contribution < 1.29 is 18.6 Å². The van der Waals surface area contributed by atoms with Crippen LogP contribution in [0.25, 0.3) is 10.8 Å². The number of hydrogen-bond donors (Lipinski definition) is 4. The molecular formula is C30H49IN4O4S. The Bertz CT molecular complexity index is 1160. The topological polar surface area (TPSA) is 119 Å². The molecule has 0 unspecified atom stereocenters. The summed E-state index contributed by atoms with van der Waals surface area (Å²) < 4.78 is 29.3. The van der Waals surface area contributed by atoms with Gasteiger partial charge >= 0.3 is 0 Å². The highest BCUT2D eigenvalue weighted by atomic mass is 127. The summed E-state index contributed by atoms with van der Waals surface area (Å²) in [6.07, 6.45) is 6.18. The zero-order chi connectivity index (χ0) is 29.4. The van der Waals surface area contributed by atoms with Crippen LogP contribution >= 0.6 is 22.6 Å². The molecule has 2 heterocycles. The maximum absolute atomic E-state index is 12.8. The van der Waals surface area contributed by atoms with Crippen molar-refractivity contribution in [3.63, 3.8) is 0 Å². The van der Waals surface area contributed by atoms with Crippen LogP contribution in [0.1, 0.15) is 66.2 Å². The standard InChI is InChI=1S/C20H27IN2O3S.C10H22N2O/c1-14-6-3-7-15(2)23(14)13-16(24)12-22-27(25,26)20-11-5-8-17-18(20)9-4-10-19(17)21;1-8-4-3-5-9(2)12(8)7-10(13)6-11/h4-5,8-11,14-16,22,24H,3,6-7,12-13H2,1-2H3;8-10,13H,3-7,11H2,1-2H3/t14-,15+,16-;8-,9+,10-/m00/s1. The number of aliphatic hydroxyl groups excluding tert-OH is 2. The molecule has 4 rings (SSSR count). The predicted molar refractivity (Wildman–Crippen MR) is 172 cm³/mol. The van der Waals surface area contributed by atoms with Gasteiger partial charge in [0, 0.05) is 59.3 Å². The molecule has 0 spiro atoms. The van der Waals surface area contributed by atoms with Gasteiger partial charge in [0.1, 0.15) is 0 Å². The zero-order valence-electron chi connectivity index (χ0n) is 24.5. The molecule has 0 amide bonds. The molecule has 226 valence electrons. The first-order chi connectivity index (χ1) is 18.9. The van der Waals surface area contributed by atoms with E-state index >= 15 is 0 Å². The summed E-state index contributed by atoms with van der Waals surface area (Å²) in [5.74, 6) is 0. The Morgan fingerprint density at radius 3 is 1.85 bits per heavy atom. The lowest BCUT2D eigenvalue weighted by atomic mass is 9.97. The minimum atomic E-state index is -3.70. The molecule has 40 heavy (non-hydrogen) atoms. The van der Waals surface area contributed by atoms with Gasteiger partial charge in [-0.05, 0) is 93.5 Å². The third kappa shape index (κ3) is 9.07. The van der Waals surface area contributed by atoms with Crippen molar-refractivity contribution in [1.29, 1.82) is 0 Å². The van der Waals surface area contributed by atoms with E-state index in [-0.39, 0.29) is 17.5 Å². The Hall–Kier alpha value is -0.860. The van der Waals surface area contributed by atoms with Gasteiger partial charge in [0.05, 0.1) is 17.1 Å². The number of piperidine rings is 2. The SMILES string of the molecule is C[C@@H]1CCC[C@H](C)N1C[C@@H](O)CN.C[C@@H]1CCC[C@H](C)N1C[C@@H](O)CNS(=O)(=O)c1cccc2c(I)cccc12. The van der Waals surface area contributed by atoms with Gasteiger partial charge in [-0.2, -0.15) is 0 Å². The van der Waals surface area contributed by atoms with E-state index in [4.69, 9.17) is 5.73 Å². The fourth-order valence-corrected chi connectivity index (χ4v) is 8.03. The number of rotatable bonds is 9. The van der Waals surface area contributed by atoms with Crippen LogP contribution in [0.4, 0.5) is 0 Å². The smallest absolute Gasteiger partial charge is 0.241 e. The van der Waals surface area contributed by atoms with Crippen molar-refractivity contribution in [1.82, 2.24) is 14.5 Å². The van der Waals surface area contributed by atoms with Crippen molar-refractivity contribution in [3.05, 3.63) is 40.0 Å². The summed E-state index contributed by atoms with van der Waals surface area (Å²) in [6, 6.07) is 13.0. The van der Waals surface area contributed by atoms with Gasteiger partial charge in [-0.3, -0.25) is 9.80 Å². The summed E-state index contributed by atoms with van der Waals surface area (Å²) in [7, 11) is -3.70. The molecule has 0 radical (unpaired) electrons. The van der Waals surface area contributed by atoms with Gasteiger partial charge in [0.2, 0.25) is 10.0 Å². The van der Waals surface area contributed by atoms with E-state index in [0.29, 0.717) is 42.6 Å². The van der Waals surface area contributed by atoms with Crippen LogP contribution in [-0.4, -0.2) is 91.0 Å². The number of nitrogens with zero attached hydrogens (tertiary/aromatic N) is 2. The van der Waals surface area contributed by atoms with Crippen molar-refractivity contribution in [2.24, 2.45) is 5.73 Å². The monoisotopic (exact) mass is 688 g/mol. The number of nitrogens with two attached hydrogens (primary N) is 1. The molecule has 2 fully saturated rings. The molecule has 0 bridgehead atoms.